The summed E-state index contributed by atoms with van der Waals surface area (Å²) in [6, 6.07) is 6.78. The molecule has 2 aliphatic rings. The fraction of sp³-hybridized carbons (Fsp3) is 0.588. The summed E-state index contributed by atoms with van der Waals surface area (Å²) in [5.41, 5.74) is 0.517. The van der Waals surface area contributed by atoms with Crippen molar-refractivity contribution in [2.45, 2.75) is 37.6 Å². The fourth-order valence-corrected chi connectivity index (χ4v) is 4.88. The van der Waals surface area contributed by atoms with Gasteiger partial charge in [0.25, 0.3) is 0 Å². The van der Waals surface area contributed by atoms with Crippen LogP contribution in [0.5, 0.6) is 0 Å². The van der Waals surface area contributed by atoms with Gasteiger partial charge in [-0.1, -0.05) is 18.2 Å². The van der Waals surface area contributed by atoms with E-state index in [-0.39, 0.29) is 28.8 Å². The Morgan fingerprint density at radius 3 is 2.71 bits per heavy atom. The average Bonchev–Trinajstić information content (AvgIpc) is 3.24. The number of nitrogens with zero attached hydrogens (tertiary/aromatic N) is 1. The number of guanidine groups is 1. The van der Waals surface area contributed by atoms with Crippen LogP contribution in [-0.2, 0) is 15.3 Å². The van der Waals surface area contributed by atoms with Gasteiger partial charge in [-0.15, -0.1) is 0 Å². The second kappa shape index (κ2) is 6.70. The number of rotatable bonds is 5. The van der Waals surface area contributed by atoms with Crippen LogP contribution in [0.1, 0.15) is 31.7 Å². The Balaban J connectivity index is 1.69. The predicted molar refractivity (Wildman–Crippen MR) is 93.5 cm³/mol. The number of nitrogens with one attached hydrogen (secondary N) is 2. The third kappa shape index (κ3) is 3.88. The third-order valence-electron chi connectivity index (χ3n) is 4.76. The lowest BCUT2D eigenvalue weighted by atomic mass is 9.95. The molecule has 1 aromatic rings. The highest BCUT2D eigenvalue weighted by molar-refractivity contribution is 7.91. The van der Waals surface area contributed by atoms with Gasteiger partial charge in [0.15, 0.2) is 15.8 Å². The van der Waals surface area contributed by atoms with Crippen LogP contribution >= 0.6 is 0 Å². The smallest absolute Gasteiger partial charge is 0.191 e. The highest BCUT2D eigenvalue weighted by Crippen LogP contribution is 2.49. The molecule has 0 radical (unpaired) electrons. The zero-order valence-electron chi connectivity index (χ0n) is 13.9. The molecule has 0 bridgehead atoms. The van der Waals surface area contributed by atoms with Crippen LogP contribution in [0.4, 0.5) is 4.39 Å². The van der Waals surface area contributed by atoms with Crippen LogP contribution < -0.4 is 10.6 Å². The second-order valence-corrected chi connectivity index (χ2v) is 8.93. The highest BCUT2D eigenvalue weighted by atomic mass is 32.2. The maximum Gasteiger partial charge on any atom is 0.191 e. The van der Waals surface area contributed by atoms with Gasteiger partial charge in [0.05, 0.1) is 18.1 Å². The van der Waals surface area contributed by atoms with E-state index in [1.165, 1.54) is 6.07 Å². The summed E-state index contributed by atoms with van der Waals surface area (Å²) in [5.74, 6) is 0.811. The van der Waals surface area contributed by atoms with Crippen LogP contribution in [0.2, 0.25) is 0 Å². The zero-order chi connectivity index (χ0) is 17.2. The summed E-state index contributed by atoms with van der Waals surface area (Å²) < 4.78 is 37.2. The van der Waals surface area contributed by atoms with Crippen molar-refractivity contribution in [1.82, 2.24) is 10.6 Å². The van der Waals surface area contributed by atoms with E-state index in [9.17, 15) is 12.8 Å². The monoisotopic (exact) mass is 353 g/mol. The molecule has 0 amide bonds. The minimum atomic E-state index is -2.93. The summed E-state index contributed by atoms with van der Waals surface area (Å²) in [7, 11) is -2.93. The van der Waals surface area contributed by atoms with E-state index in [1.807, 2.05) is 19.1 Å². The van der Waals surface area contributed by atoms with Gasteiger partial charge in [0.1, 0.15) is 5.82 Å². The molecule has 3 rings (SSSR count). The molecular weight excluding hydrogens is 329 g/mol. The zero-order valence-corrected chi connectivity index (χ0v) is 14.7. The van der Waals surface area contributed by atoms with Crippen molar-refractivity contribution in [3.8, 4) is 0 Å². The van der Waals surface area contributed by atoms with Gasteiger partial charge in [-0.2, -0.15) is 0 Å². The summed E-state index contributed by atoms with van der Waals surface area (Å²) in [5, 5.41) is 6.36. The highest BCUT2D eigenvalue weighted by Gasteiger charge is 2.45. The van der Waals surface area contributed by atoms with E-state index < -0.39 is 9.84 Å². The van der Waals surface area contributed by atoms with Crippen LogP contribution in [0, 0.1) is 5.82 Å². The Bertz CT molecular complexity index is 729. The Hall–Kier alpha value is -1.63. The molecule has 1 unspecified atom stereocenters. The number of hydrogen-bond donors (Lipinski definition) is 2. The van der Waals surface area contributed by atoms with E-state index in [0.29, 0.717) is 25.5 Å². The van der Waals surface area contributed by atoms with Crippen LogP contribution in [0.15, 0.2) is 29.3 Å². The van der Waals surface area contributed by atoms with Crippen molar-refractivity contribution < 1.29 is 12.8 Å². The molecular formula is C17H24FN3O2S. The lowest BCUT2D eigenvalue weighted by molar-refractivity contribution is 0.570. The second-order valence-electron chi connectivity index (χ2n) is 6.70. The first-order chi connectivity index (χ1) is 11.4. The number of halogens is 1. The van der Waals surface area contributed by atoms with Gasteiger partial charge in [0, 0.05) is 18.0 Å². The van der Waals surface area contributed by atoms with E-state index in [2.05, 4.69) is 15.6 Å². The van der Waals surface area contributed by atoms with E-state index in [0.717, 1.165) is 18.4 Å². The average molecular weight is 353 g/mol. The van der Waals surface area contributed by atoms with E-state index in [4.69, 9.17) is 0 Å². The van der Waals surface area contributed by atoms with Gasteiger partial charge >= 0.3 is 0 Å². The minimum Gasteiger partial charge on any atom is -0.357 e. The molecule has 1 heterocycles. The quantitative estimate of drug-likeness (QED) is 0.623. The lowest BCUT2D eigenvalue weighted by Crippen LogP contribution is -2.44. The molecule has 0 spiro atoms. The van der Waals surface area contributed by atoms with Gasteiger partial charge < -0.3 is 10.6 Å². The first-order valence-corrected chi connectivity index (χ1v) is 10.3. The maximum atomic E-state index is 14.1. The summed E-state index contributed by atoms with van der Waals surface area (Å²) >= 11 is 0. The van der Waals surface area contributed by atoms with E-state index in [1.54, 1.807) is 6.07 Å². The Morgan fingerprint density at radius 1 is 1.38 bits per heavy atom. The van der Waals surface area contributed by atoms with Crippen LogP contribution in [0.3, 0.4) is 0 Å². The number of aliphatic imine (C=N–C) groups is 1. The van der Waals surface area contributed by atoms with Crippen molar-refractivity contribution in [3.63, 3.8) is 0 Å². The Morgan fingerprint density at radius 2 is 2.12 bits per heavy atom. The van der Waals surface area contributed by atoms with Crippen molar-refractivity contribution in [2.24, 2.45) is 4.99 Å². The van der Waals surface area contributed by atoms with Gasteiger partial charge in [-0.3, -0.25) is 4.99 Å². The minimum absolute atomic E-state index is 0.101. The standard InChI is InChI=1S/C17H24FN3O2S/c1-2-19-16(21-13-7-10-24(22,23)11-13)20-12-17(8-9-17)14-5-3-4-6-15(14)18/h3-6,13H,2,7-12H2,1H3,(H2,19,20,21). The first kappa shape index (κ1) is 17.2. The van der Waals surface area contributed by atoms with Gasteiger partial charge in [-0.25, -0.2) is 12.8 Å². The molecule has 1 atom stereocenters. The molecule has 0 aromatic heterocycles. The van der Waals surface area contributed by atoms with Gasteiger partial charge in [0.2, 0.25) is 0 Å². The Labute approximate surface area is 142 Å². The normalized spacial score (nSPS) is 24.6. The van der Waals surface area contributed by atoms with Crippen molar-refractivity contribution in [3.05, 3.63) is 35.6 Å². The molecule has 24 heavy (non-hydrogen) atoms. The molecule has 132 valence electrons. The third-order valence-corrected chi connectivity index (χ3v) is 6.52. The summed E-state index contributed by atoms with van der Waals surface area (Å²) in [4.78, 5) is 4.61. The molecule has 1 aromatic carbocycles. The van der Waals surface area contributed by atoms with Crippen LogP contribution in [0.25, 0.3) is 0 Å². The molecule has 2 N–H and O–H groups in total. The van der Waals surface area contributed by atoms with Crippen LogP contribution in [-0.4, -0.2) is 45.0 Å². The van der Waals surface area contributed by atoms with Crippen molar-refractivity contribution in [1.29, 1.82) is 0 Å². The Kier molecular flexibility index (Phi) is 4.80. The molecule has 1 saturated heterocycles. The molecule has 2 fully saturated rings. The molecule has 1 aliphatic carbocycles. The topological polar surface area (TPSA) is 70.6 Å². The molecule has 7 heteroatoms. The summed E-state index contributed by atoms with van der Waals surface area (Å²) in [6.07, 6.45) is 2.45. The summed E-state index contributed by atoms with van der Waals surface area (Å²) in [6.45, 7) is 3.16. The lowest BCUT2D eigenvalue weighted by Gasteiger charge is -2.18. The largest absolute Gasteiger partial charge is 0.357 e. The molecule has 1 aliphatic heterocycles. The first-order valence-electron chi connectivity index (χ1n) is 8.44. The number of hydrogen-bond acceptors (Lipinski definition) is 3. The fourth-order valence-electron chi connectivity index (χ4n) is 3.21. The van der Waals surface area contributed by atoms with Crippen molar-refractivity contribution >= 4 is 15.8 Å². The molecule has 1 saturated carbocycles. The van der Waals surface area contributed by atoms with Crippen molar-refractivity contribution in [2.75, 3.05) is 24.6 Å². The SMILES string of the molecule is CCNC(=NCC1(c2ccccc2F)CC1)NC1CCS(=O)(=O)C1. The maximum absolute atomic E-state index is 14.1. The van der Waals surface area contributed by atoms with Gasteiger partial charge in [-0.05, 0) is 37.8 Å². The predicted octanol–water partition coefficient (Wildman–Crippen LogP) is 1.60. The molecule has 5 nitrogen and oxygen atoms in total. The van der Waals surface area contributed by atoms with E-state index >= 15 is 0 Å². The number of sulfone groups is 1. The number of benzene rings is 1.